The van der Waals surface area contributed by atoms with Gasteiger partial charge in [-0.25, -0.2) is 9.69 Å². The fourth-order valence-electron chi connectivity index (χ4n) is 7.48. The second kappa shape index (κ2) is 24.6. The average Bonchev–Trinajstić information content (AvgIpc) is 3.13. The fraction of sp³-hybridized carbons (Fsp3) is 0.643. The number of rotatable bonds is 21. The van der Waals surface area contributed by atoms with Gasteiger partial charge in [0.2, 0.25) is 11.4 Å². The molecule has 3 N–H and O–H groups in total. The smallest absolute Gasteiger partial charge is 0.210 e. The van der Waals surface area contributed by atoms with Crippen LogP contribution in [0.4, 0.5) is 0 Å². The molecule has 0 fully saturated rings. The summed E-state index contributed by atoms with van der Waals surface area (Å²) in [6.45, 7) is 36.1. The van der Waals surface area contributed by atoms with Crippen LogP contribution in [0.25, 0.3) is 9.69 Å². The van der Waals surface area contributed by atoms with Crippen LogP contribution in [0.1, 0.15) is 80.1 Å². The molecule has 320 valence electrons. The number of halogens is 6. The third-order valence-corrected chi connectivity index (χ3v) is 13.0. The van der Waals surface area contributed by atoms with Crippen molar-refractivity contribution in [3.05, 3.63) is 83.8 Å². The molecule has 0 spiro atoms. The maximum atomic E-state index is 9.92. The summed E-state index contributed by atoms with van der Waals surface area (Å²) in [7, 11) is 0. The highest BCUT2D eigenvalue weighted by Gasteiger charge is 2.34. The van der Waals surface area contributed by atoms with Gasteiger partial charge in [0.15, 0.2) is 0 Å². The van der Waals surface area contributed by atoms with E-state index >= 15 is 0 Å². The van der Waals surface area contributed by atoms with Crippen molar-refractivity contribution in [2.24, 2.45) is 16.2 Å². The molecule has 0 radical (unpaired) electrons. The lowest BCUT2D eigenvalue weighted by atomic mass is 9.74. The molecule has 3 aliphatic rings. The minimum Gasteiger partial charge on any atom is -0.395 e. The van der Waals surface area contributed by atoms with Gasteiger partial charge >= 0.3 is 0 Å². The van der Waals surface area contributed by atoms with Gasteiger partial charge < -0.3 is 30.2 Å². The van der Waals surface area contributed by atoms with Crippen molar-refractivity contribution in [1.82, 2.24) is 20.9 Å². The molecule has 0 heterocycles. The Morgan fingerprint density at radius 1 is 0.569 bits per heavy atom. The normalized spacial score (nSPS) is 18.8. The van der Waals surface area contributed by atoms with Crippen LogP contribution in [0, 0.1) is 40.7 Å². The summed E-state index contributed by atoms with van der Waals surface area (Å²) in [5.74, 6) is 0. The first-order valence-corrected chi connectivity index (χ1v) is 24.2. The third kappa shape index (κ3) is 16.7. The molecule has 3 rings (SSSR count). The van der Waals surface area contributed by atoms with E-state index in [-0.39, 0.29) is 16.2 Å². The topological polar surface area (TPSA) is 99.5 Å². The minimum atomic E-state index is 0.0369. The highest BCUT2D eigenvalue weighted by molar-refractivity contribution is 9.29. The van der Waals surface area contributed by atoms with E-state index in [9.17, 15) is 5.26 Å². The highest BCUT2D eigenvalue weighted by atomic mass is 79.9. The molecule has 0 unspecified atom stereocenters. The summed E-state index contributed by atoms with van der Waals surface area (Å²) in [5.41, 5.74) is 8.03. The van der Waals surface area contributed by atoms with E-state index in [4.69, 9.17) is 27.4 Å². The second-order valence-electron chi connectivity index (χ2n) is 17.1. The highest BCUT2D eigenvalue weighted by Crippen LogP contribution is 2.46. The van der Waals surface area contributed by atoms with Crippen molar-refractivity contribution in [2.45, 2.75) is 80.1 Å². The van der Waals surface area contributed by atoms with E-state index < -0.39 is 0 Å². The lowest BCUT2D eigenvalue weighted by Gasteiger charge is -2.34. The van der Waals surface area contributed by atoms with Gasteiger partial charge in [-0.05, 0) is 167 Å². The second-order valence-corrected chi connectivity index (χ2v) is 25.0. The van der Waals surface area contributed by atoms with Crippen molar-refractivity contribution in [2.75, 3.05) is 78.9 Å². The summed E-state index contributed by atoms with van der Waals surface area (Å²) in [4.78, 5) is 10.00. The number of hydrogen-bond donors (Lipinski definition) is 3. The van der Waals surface area contributed by atoms with Crippen LogP contribution in [-0.2, 0) is 14.2 Å². The molecule has 0 atom stereocenters. The number of nitriles is 1. The molecule has 3 aliphatic carbocycles. The molecule has 0 bridgehead atoms. The molecule has 0 saturated heterocycles. The molecule has 0 saturated carbocycles. The summed E-state index contributed by atoms with van der Waals surface area (Å²) >= 11 is 21.2. The molecule has 58 heavy (non-hydrogen) atoms. The van der Waals surface area contributed by atoms with Crippen LogP contribution in [0.3, 0.4) is 0 Å². The van der Waals surface area contributed by atoms with Crippen LogP contribution in [0.5, 0.6) is 0 Å². The van der Waals surface area contributed by atoms with Crippen LogP contribution < -0.4 is 16.0 Å². The van der Waals surface area contributed by atoms with Crippen molar-refractivity contribution in [3.63, 3.8) is 0 Å². The van der Waals surface area contributed by atoms with E-state index in [0.29, 0.717) is 95.9 Å². The molecule has 16 heteroatoms. The van der Waals surface area contributed by atoms with Gasteiger partial charge in [-0.3, -0.25) is 4.90 Å². The quantitative estimate of drug-likeness (QED) is 0.0772. The molecular weight excluding hydrogens is 1130 g/mol. The van der Waals surface area contributed by atoms with Gasteiger partial charge in [-0.15, -0.1) is 0 Å². The first-order chi connectivity index (χ1) is 27.3. The maximum Gasteiger partial charge on any atom is 0.210 e. The number of nitrogens with one attached hydrogen (secondary N) is 3. The number of nitrogens with zero attached hydrogens (tertiary/aromatic N) is 4. The Bertz CT molecular complexity index is 1580. The number of allylic oxidation sites excluding steroid dienone is 7. The van der Waals surface area contributed by atoms with Crippen molar-refractivity contribution in [1.29, 1.82) is 5.26 Å². The first-order valence-electron chi connectivity index (χ1n) is 19.5. The number of hydrogen-bond acceptors (Lipinski definition) is 8. The fourth-order valence-corrected chi connectivity index (χ4v) is 9.47. The third-order valence-electron chi connectivity index (χ3n) is 10.1. The summed E-state index contributed by atoms with van der Waals surface area (Å²) in [6.07, 6.45) is 4.90. The Kier molecular flexibility index (Phi) is 21.8. The van der Waals surface area contributed by atoms with E-state index in [1.807, 2.05) is 0 Å². The molecule has 0 amide bonds. The van der Waals surface area contributed by atoms with Crippen LogP contribution in [0.2, 0.25) is 0 Å². The lowest BCUT2D eigenvalue weighted by molar-refractivity contribution is 0.0548. The van der Waals surface area contributed by atoms with Crippen molar-refractivity contribution < 1.29 is 14.2 Å². The molecule has 0 aromatic carbocycles. The largest absolute Gasteiger partial charge is 0.395 e. The zero-order valence-electron chi connectivity index (χ0n) is 34.5. The van der Waals surface area contributed by atoms with Gasteiger partial charge in [-0.2, -0.15) is 5.26 Å². The summed E-state index contributed by atoms with van der Waals surface area (Å²) in [5, 5.41) is 20.4. The SMILES string of the molecule is [C-]#[N+]C1=C(NCCOCCN(CCOCCNC2=C(C#N)C(=C(Br)Br)CC(C)(C)C2)CCOCCNC2=C([N+]#[C-])C(=C(Br)Br)CC(C)(C)C2)CC(C)(C)CC1=C(Br)Br. The van der Waals surface area contributed by atoms with Gasteiger partial charge in [0.05, 0.1) is 68.5 Å². The molecule has 0 aliphatic heterocycles. The molecular formula is C42H57Br6N7O3. The maximum absolute atomic E-state index is 9.92. The Hall–Kier alpha value is -0.970. The first kappa shape index (κ1) is 51.4. The van der Waals surface area contributed by atoms with Crippen molar-refractivity contribution in [3.8, 4) is 6.07 Å². The standard InChI is InChI=1S/C42H57Br6N7O3/c1-40(2)21-28(37(43)44)31(27-49)32(24-40)52-9-15-56-18-12-55(13-19-57-16-10-53-33-25-41(3,4)22-29(38(45)46)35(33)50-7)14-20-58-17-11-54-34-26-42(5,6)23-30(39(47)48)36(34)51-8/h52-54H,9-26H2,1-6H3. The Labute approximate surface area is 397 Å². The Morgan fingerprint density at radius 2 is 0.897 bits per heavy atom. The van der Waals surface area contributed by atoms with Crippen LogP contribution in [-0.4, -0.2) is 83.8 Å². The Balaban J connectivity index is 1.52. The monoisotopic (exact) mass is 1180 g/mol. The molecule has 0 aromatic rings. The van der Waals surface area contributed by atoms with E-state index in [2.05, 4.69) is 174 Å². The summed E-state index contributed by atoms with van der Waals surface area (Å²) < 4.78 is 20.7. The zero-order chi connectivity index (χ0) is 43.1. The van der Waals surface area contributed by atoms with Gasteiger partial charge in [0.1, 0.15) is 6.07 Å². The van der Waals surface area contributed by atoms with Gasteiger partial charge in [0, 0.05) is 56.4 Å². The predicted molar refractivity (Wildman–Crippen MR) is 256 cm³/mol. The number of ether oxygens (including phenoxy) is 3. The van der Waals surface area contributed by atoms with E-state index in [1.165, 1.54) is 0 Å². The zero-order valence-corrected chi connectivity index (χ0v) is 44.0. The van der Waals surface area contributed by atoms with Crippen LogP contribution in [0.15, 0.2) is 61.0 Å². The van der Waals surface area contributed by atoms with Crippen molar-refractivity contribution >= 4 is 95.6 Å². The van der Waals surface area contributed by atoms with Gasteiger partial charge in [-0.1, -0.05) is 41.5 Å². The van der Waals surface area contributed by atoms with E-state index in [1.54, 1.807) is 0 Å². The van der Waals surface area contributed by atoms with Crippen LogP contribution >= 0.6 is 95.6 Å². The lowest BCUT2D eigenvalue weighted by Crippen LogP contribution is -2.35. The minimum absolute atomic E-state index is 0.0369. The summed E-state index contributed by atoms with van der Waals surface area (Å²) in [6, 6.07) is 2.40. The predicted octanol–water partition coefficient (Wildman–Crippen LogP) is 11.6. The molecule has 0 aromatic heterocycles. The average molecular weight is 1190 g/mol. The van der Waals surface area contributed by atoms with E-state index in [0.717, 1.165) is 82.5 Å². The Morgan fingerprint density at radius 3 is 1.22 bits per heavy atom. The van der Waals surface area contributed by atoms with Gasteiger partial charge in [0.25, 0.3) is 0 Å². The molecule has 10 nitrogen and oxygen atoms in total.